The monoisotopic (exact) mass is 299 g/mol. The van der Waals surface area contributed by atoms with Crippen LogP contribution in [0.1, 0.15) is 0 Å². The first-order chi connectivity index (χ1) is 7.70. The first kappa shape index (κ1) is 11.5. The van der Waals surface area contributed by atoms with Crippen molar-refractivity contribution in [1.29, 1.82) is 0 Å². The van der Waals surface area contributed by atoms with Crippen LogP contribution in [0.2, 0.25) is 0 Å². The lowest BCUT2D eigenvalue weighted by Gasteiger charge is -2.02. The quantitative estimate of drug-likeness (QED) is 0.799. The van der Waals surface area contributed by atoms with E-state index in [1.54, 1.807) is 18.3 Å². The van der Waals surface area contributed by atoms with Crippen LogP contribution in [0.4, 0.5) is 4.39 Å². The molecule has 3 nitrogen and oxygen atoms in total. The summed E-state index contributed by atoms with van der Waals surface area (Å²) in [6, 6.07) is 4.72. The molecule has 0 amide bonds. The zero-order chi connectivity index (χ0) is 11.5. The topological polar surface area (TPSA) is 38.7 Å². The maximum absolute atomic E-state index is 13.1. The van der Waals surface area contributed by atoms with Gasteiger partial charge in [-0.05, 0) is 40.4 Å². The van der Waals surface area contributed by atoms with Gasteiger partial charge in [0.2, 0.25) is 5.16 Å². The third kappa shape index (κ3) is 2.38. The van der Waals surface area contributed by atoms with Crippen molar-refractivity contribution in [2.75, 3.05) is 6.26 Å². The molecule has 0 saturated heterocycles. The van der Waals surface area contributed by atoms with Gasteiger partial charge in [-0.15, -0.1) is 5.10 Å². The molecule has 0 radical (unpaired) electrons. The van der Waals surface area contributed by atoms with Crippen LogP contribution in [0.15, 0.2) is 34.0 Å². The summed E-state index contributed by atoms with van der Waals surface area (Å²) in [6.07, 6.45) is 3.43. The minimum absolute atomic E-state index is 0.296. The van der Waals surface area contributed by atoms with Gasteiger partial charge in [-0.3, -0.25) is 0 Å². The van der Waals surface area contributed by atoms with Crippen LogP contribution in [-0.4, -0.2) is 21.4 Å². The average molecular weight is 300 g/mol. The summed E-state index contributed by atoms with van der Waals surface area (Å²) in [6.45, 7) is 0. The van der Waals surface area contributed by atoms with Gasteiger partial charge >= 0.3 is 0 Å². The van der Waals surface area contributed by atoms with E-state index in [0.29, 0.717) is 15.3 Å². The van der Waals surface area contributed by atoms with Crippen molar-refractivity contribution in [2.45, 2.75) is 5.16 Å². The van der Waals surface area contributed by atoms with Crippen molar-refractivity contribution in [3.63, 3.8) is 0 Å². The lowest BCUT2D eigenvalue weighted by atomic mass is 10.2. The molecule has 2 aromatic rings. The van der Waals surface area contributed by atoms with Crippen molar-refractivity contribution in [3.8, 4) is 11.3 Å². The molecule has 0 N–H and O–H groups in total. The summed E-state index contributed by atoms with van der Waals surface area (Å²) in [7, 11) is 0. The van der Waals surface area contributed by atoms with E-state index in [1.807, 2.05) is 6.26 Å². The van der Waals surface area contributed by atoms with Gasteiger partial charge in [-0.1, -0.05) is 11.8 Å². The van der Waals surface area contributed by atoms with E-state index in [4.69, 9.17) is 0 Å². The molecule has 82 valence electrons. The Morgan fingerprint density at radius 1 is 1.38 bits per heavy atom. The summed E-state index contributed by atoms with van der Waals surface area (Å²) >= 11 is 4.55. The fraction of sp³-hybridized carbons (Fsp3) is 0.100. The highest BCUT2D eigenvalue weighted by Gasteiger charge is 2.05. The highest BCUT2D eigenvalue weighted by Crippen LogP contribution is 2.24. The van der Waals surface area contributed by atoms with E-state index in [-0.39, 0.29) is 5.82 Å². The smallest absolute Gasteiger partial charge is 0.209 e. The van der Waals surface area contributed by atoms with Crippen molar-refractivity contribution in [2.24, 2.45) is 0 Å². The molecule has 0 aliphatic heterocycles. The second kappa shape index (κ2) is 4.88. The SMILES string of the molecule is CSc1nncc(-c2ccc(F)c(Br)c2)n1. The van der Waals surface area contributed by atoms with Gasteiger partial charge in [-0.25, -0.2) is 9.37 Å². The number of halogens is 2. The summed E-state index contributed by atoms with van der Waals surface area (Å²) in [5.41, 5.74) is 1.48. The van der Waals surface area contributed by atoms with Crippen LogP contribution in [0.5, 0.6) is 0 Å². The fourth-order valence-corrected chi connectivity index (χ4v) is 1.87. The van der Waals surface area contributed by atoms with E-state index in [1.165, 1.54) is 17.8 Å². The molecule has 0 bridgehead atoms. The fourth-order valence-electron chi connectivity index (χ4n) is 1.17. The number of rotatable bonds is 2. The van der Waals surface area contributed by atoms with Gasteiger partial charge in [0, 0.05) is 5.56 Å². The Labute approximate surface area is 105 Å². The lowest BCUT2D eigenvalue weighted by molar-refractivity contribution is 0.621. The second-order valence-electron chi connectivity index (χ2n) is 2.96. The van der Waals surface area contributed by atoms with Crippen molar-refractivity contribution < 1.29 is 4.39 Å². The van der Waals surface area contributed by atoms with Gasteiger partial charge < -0.3 is 0 Å². The number of hydrogen-bond donors (Lipinski definition) is 0. The summed E-state index contributed by atoms with van der Waals surface area (Å²) in [4.78, 5) is 4.28. The molecule has 2 rings (SSSR count). The highest BCUT2D eigenvalue weighted by atomic mass is 79.9. The number of aromatic nitrogens is 3. The van der Waals surface area contributed by atoms with Crippen LogP contribution >= 0.6 is 27.7 Å². The lowest BCUT2D eigenvalue weighted by Crippen LogP contribution is -1.93. The van der Waals surface area contributed by atoms with E-state index >= 15 is 0 Å². The largest absolute Gasteiger partial charge is 0.219 e. The van der Waals surface area contributed by atoms with Crippen molar-refractivity contribution in [3.05, 3.63) is 34.7 Å². The maximum atomic E-state index is 13.1. The summed E-state index contributed by atoms with van der Waals surface area (Å²) in [5.74, 6) is -0.296. The third-order valence-electron chi connectivity index (χ3n) is 1.94. The van der Waals surface area contributed by atoms with Gasteiger partial charge in [0.25, 0.3) is 0 Å². The molecular formula is C10H7BrFN3S. The molecule has 1 heterocycles. The Bertz CT molecular complexity index is 521. The summed E-state index contributed by atoms with van der Waals surface area (Å²) < 4.78 is 13.5. The Morgan fingerprint density at radius 2 is 2.19 bits per heavy atom. The van der Waals surface area contributed by atoms with E-state index in [2.05, 4.69) is 31.1 Å². The van der Waals surface area contributed by atoms with Gasteiger partial charge in [0.05, 0.1) is 16.4 Å². The Balaban J connectivity index is 2.46. The highest BCUT2D eigenvalue weighted by molar-refractivity contribution is 9.10. The molecular weight excluding hydrogens is 293 g/mol. The molecule has 0 spiro atoms. The minimum atomic E-state index is -0.296. The number of benzene rings is 1. The van der Waals surface area contributed by atoms with E-state index in [0.717, 1.165) is 5.56 Å². The summed E-state index contributed by atoms with van der Waals surface area (Å²) in [5, 5.41) is 8.28. The maximum Gasteiger partial charge on any atom is 0.209 e. The van der Waals surface area contributed by atoms with Crippen LogP contribution in [0.3, 0.4) is 0 Å². The molecule has 0 saturated carbocycles. The Morgan fingerprint density at radius 3 is 2.88 bits per heavy atom. The molecule has 0 fully saturated rings. The number of hydrogen-bond acceptors (Lipinski definition) is 4. The molecule has 16 heavy (non-hydrogen) atoms. The first-order valence-corrected chi connectivity index (χ1v) is 6.41. The van der Waals surface area contributed by atoms with E-state index < -0.39 is 0 Å². The molecule has 1 aromatic carbocycles. The molecule has 0 aliphatic carbocycles. The van der Waals surface area contributed by atoms with Crippen LogP contribution in [-0.2, 0) is 0 Å². The Hall–Kier alpha value is -1.01. The molecule has 0 atom stereocenters. The zero-order valence-electron chi connectivity index (χ0n) is 8.32. The predicted molar refractivity (Wildman–Crippen MR) is 64.7 cm³/mol. The van der Waals surface area contributed by atoms with Crippen molar-refractivity contribution >= 4 is 27.7 Å². The Kier molecular flexibility index (Phi) is 3.50. The van der Waals surface area contributed by atoms with E-state index in [9.17, 15) is 4.39 Å². The second-order valence-corrected chi connectivity index (χ2v) is 4.58. The van der Waals surface area contributed by atoms with Crippen LogP contribution < -0.4 is 0 Å². The zero-order valence-corrected chi connectivity index (χ0v) is 10.7. The third-order valence-corrected chi connectivity index (χ3v) is 3.08. The molecule has 1 aromatic heterocycles. The number of nitrogens with zero attached hydrogens (tertiary/aromatic N) is 3. The van der Waals surface area contributed by atoms with Gasteiger partial charge in [0.15, 0.2) is 0 Å². The minimum Gasteiger partial charge on any atom is -0.219 e. The standard InChI is InChI=1S/C10H7BrFN3S/c1-16-10-14-9(5-13-15-10)6-2-3-8(12)7(11)4-6/h2-5H,1H3. The molecule has 0 aliphatic rings. The molecule has 6 heteroatoms. The number of thioether (sulfide) groups is 1. The average Bonchev–Trinajstić information content (AvgIpc) is 2.33. The van der Waals surface area contributed by atoms with Crippen LogP contribution in [0.25, 0.3) is 11.3 Å². The van der Waals surface area contributed by atoms with Gasteiger partial charge in [-0.2, -0.15) is 5.10 Å². The predicted octanol–water partition coefficient (Wildman–Crippen LogP) is 3.16. The normalized spacial score (nSPS) is 10.4. The van der Waals surface area contributed by atoms with Crippen LogP contribution in [0, 0.1) is 5.82 Å². The first-order valence-electron chi connectivity index (χ1n) is 4.40. The van der Waals surface area contributed by atoms with Crippen molar-refractivity contribution in [1.82, 2.24) is 15.2 Å². The van der Waals surface area contributed by atoms with Gasteiger partial charge in [0.1, 0.15) is 5.82 Å². The molecule has 0 unspecified atom stereocenters.